The molecule has 0 aliphatic heterocycles. The lowest BCUT2D eigenvalue weighted by Gasteiger charge is -2.22. The maximum Gasteiger partial charge on any atom is 0.278 e. The Morgan fingerprint density at radius 1 is 1.40 bits per heavy atom. The van der Waals surface area contributed by atoms with Crippen molar-refractivity contribution in [2.24, 2.45) is 17.0 Å². The lowest BCUT2D eigenvalue weighted by atomic mass is 9.83. The Bertz CT molecular complexity index is 265. The highest BCUT2D eigenvalue weighted by molar-refractivity contribution is 6.69. The van der Waals surface area contributed by atoms with Gasteiger partial charge in [0.1, 0.15) is 0 Å². The number of nitriles is 1. The highest BCUT2D eigenvalue weighted by atomic mass is 28.4. The van der Waals surface area contributed by atoms with Gasteiger partial charge in [-0.05, 0) is 44.8 Å². The van der Waals surface area contributed by atoms with Crippen molar-refractivity contribution in [1.82, 2.24) is 0 Å². The van der Waals surface area contributed by atoms with Gasteiger partial charge in [0.2, 0.25) is 0 Å². The predicted molar refractivity (Wildman–Crippen MR) is 64.0 cm³/mol. The van der Waals surface area contributed by atoms with Crippen LogP contribution in [0.2, 0.25) is 19.6 Å². The van der Waals surface area contributed by atoms with Crippen molar-refractivity contribution in [2.75, 3.05) is 0 Å². The number of oxime groups is 1. The van der Waals surface area contributed by atoms with E-state index in [2.05, 4.69) is 30.9 Å². The van der Waals surface area contributed by atoms with Crippen molar-refractivity contribution in [3.05, 3.63) is 0 Å². The molecule has 1 saturated carbocycles. The number of hydrogen-bond acceptors (Lipinski definition) is 3. The first-order valence-corrected chi connectivity index (χ1v) is 9.03. The molecule has 0 N–H and O–H groups in total. The van der Waals surface area contributed by atoms with E-state index in [9.17, 15) is 0 Å². The lowest BCUT2D eigenvalue weighted by Crippen LogP contribution is -2.23. The first-order chi connectivity index (χ1) is 7.01. The van der Waals surface area contributed by atoms with Gasteiger partial charge in [-0.1, -0.05) is 6.42 Å². The Balaban J connectivity index is 2.35. The van der Waals surface area contributed by atoms with Crippen molar-refractivity contribution in [2.45, 2.75) is 45.3 Å². The summed E-state index contributed by atoms with van der Waals surface area (Å²) >= 11 is 0. The minimum atomic E-state index is -1.53. The monoisotopic (exact) mass is 224 g/mol. The van der Waals surface area contributed by atoms with E-state index >= 15 is 0 Å². The topological polar surface area (TPSA) is 45.4 Å². The van der Waals surface area contributed by atoms with Gasteiger partial charge in [-0.3, -0.25) is 0 Å². The number of nitrogens with zero attached hydrogens (tertiary/aromatic N) is 2. The zero-order chi connectivity index (χ0) is 11.3. The van der Waals surface area contributed by atoms with Crippen molar-refractivity contribution in [3.8, 4) is 6.07 Å². The molecule has 0 aromatic rings. The zero-order valence-corrected chi connectivity index (χ0v) is 10.9. The molecule has 15 heavy (non-hydrogen) atoms. The minimum absolute atomic E-state index is 0.224. The van der Waals surface area contributed by atoms with Gasteiger partial charge >= 0.3 is 0 Å². The molecular formula is C11H20N2OSi. The highest BCUT2D eigenvalue weighted by Gasteiger charge is 2.21. The van der Waals surface area contributed by atoms with E-state index in [1.165, 1.54) is 0 Å². The van der Waals surface area contributed by atoms with Gasteiger partial charge in [-0.2, -0.15) is 5.26 Å². The minimum Gasteiger partial charge on any atom is -0.456 e. The molecule has 0 saturated heterocycles. The zero-order valence-electron chi connectivity index (χ0n) is 9.86. The van der Waals surface area contributed by atoms with Crippen LogP contribution in [0.15, 0.2) is 5.16 Å². The van der Waals surface area contributed by atoms with Crippen molar-refractivity contribution in [3.63, 3.8) is 0 Å². The van der Waals surface area contributed by atoms with Crippen molar-refractivity contribution >= 4 is 14.5 Å². The fourth-order valence-electron chi connectivity index (χ4n) is 1.75. The van der Waals surface area contributed by atoms with Crippen LogP contribution in [0.25, 0.3) is 0 Å². The fraction of sp³-hybridized carbons (Fsp3) is 0.818. The standard InChI is InChI=1S/C11H20N2OSi/c1-15(2,3)14-13-9-11-6-4-5-10(7-11)8-12/h9-11H,4-7H2,1-3H3. The summed E-state index contributed by atoms with van der Waals surface area (Å²) in [6, 6.07) is 2.35. The van der Waals surface area contributed by atoms with Crippen LogP contribution in [0.4, 0.5) is 0 Å². The summed E-state index contributed by atoms with van der Waals surface area (Å²) in [6.07, 6.45) is 6.20. The van der Waals surface area contributed by atoms with Gasteiger partial charge in [0.05, 0.1) is 6.07 Å². The molecular weight excluding hydrogens is 204 g/mol. The van der Waals surface area contributed by atoms with Gasteiger partial charge in [-0.25, -0.2) is 0 Å². The Hall–Kier alpha value is -0.823. The second-order valence-electron chi connectivity index (χ2n) is 5.21. The van der Waals surface area contributed by atoms with E-state index in [0.717, 1.165) is 25.7 Å². The molecule has 84 valence electrons. The molecule has 4 heteroatoms. The summed E-state index contributed by atoms with van der Waals surface area (Å²) in [5, 5.41) is 12.9. The summed E-state index contributed by atoms with van der Waals surface area (Å²) < 4.78 is 5.43. The van der Waals surface area contributed by atoms with E-state index < -0.39 is 8.32 Å². The Morgan fingerprint density at radius 2 is 2.13 bits per heavy atom. The molecule has 1 aliphatic rings. The molecule has 0 amide bonds. The van der Waals surface area contributed by atoms with Crippen LogP contribution in [0.5, 0.6) is 0 Å². The van der Waals surface area contributed by atoms with E-state index in [4.69, 9.17) is 9.79 Å². The molecule has 2 atom stereocenters. The molecule has 0 aromatic heterocycles. The van der Waals surface area contributed by atoms with Crippen molar-refractivity contribution in [1.29, 1.82) is 5.26 Å². The van der Waals surface area contributed by atoms with Gasteiger partial charge in [0.15, 0.2) is 0 Å². The van der Waals surface area contributed by atoms with Crippen LogP contribution in [-0.2, 0) is 4.53 Å². The predicted octanol–water partition coefficient (Wildman–Crippen LogP) is 3.15. The van der Waals surface area contributed by atoms with Gasteiger partial charge in [-0.15, -0.1) is 5.16 Å². The van der Waals surface area contributed by atoms with Crippen molar-refractivity contribution < 1.29 is 4.53 Å². The first-order valence-electron chi connectivity index (χ1n) is 5.62. The Labute approximate surface area is 93.2 Å². The second kappa shape index (κ2) is 5.31. The van der Waals surface area contributed by atoms with Gasteiger partial charge in [0, 0.05) is 12.1 Å². The maximum absolute atomic E-state index is 8.84. The molecule has 0 radical (unpaired) electrons. The van der Waals surface area contributed by atoms with E-state index in [-0.39, 0.29) is 5.92 Å². The average molecular weight is 224 g/mol. The molecule has 0 aromatic carbocycles. The first kappa shape index (κ1) is 12.2. The third-order valence-corrected chi connectivity index (χ3v) is 3.15. The highest BCUT2D eigenvalue weighted by Crippen LogP contribution is 2.27. The van der Waals surface area contributed by atoms with Crippen LogP contribution in [0, 0.1) is 23.2 Å². The fourth-order valence-corrected chi connectivity index (χ4v) is 2.13. The summed E-state index contributed by atoms with van der Waals surface area (Å²) in [7, 11) is -1.53. The molecule has 1 aliphatic carbocycles. The summed E-state index contributed by atoms with van der Waals surface area (Å²) in [5.74, 6) is 0.668. The molecule has 0 bridgehead atoms. The summed E-state index contributed by atoms with van der Waals surface area (Å²) in [6.45, 7) is 6.34. The number of rotatable bonds is 3. The smallest absolute Gasteiger partial charge is 0.278 e. The number of hydrogen-bond donors (Lipinski definition) is 0. The Kier molecular flexibility index (Phi) is 4.34. The molecule has 1 fully saturated rings. The van der Waals surface area contributed by atoms with E-state index in [1.807, 2.05) is 6.21 Å². The van der Waals surface area contributed by atoms with Crippen LogP contribution in [0.1, 0.15) is 25.7 Å². The van der Waals surface area contributed by atoms with Crippen LogP contribution in [0.3, 0.4) is 0 Å². The SMILES string of the molecule is C[Si](C)(C)ON=CC1CCCC(C#N)C1. The average Bonchev–Trinajstić information content (AvgIpc) is 2.16. The normalized spacial score (nSPS) is 27.6. The van der Waals surface area contributed by atoms with Gasteiger partial charge in [0.25, 0.3) is 8.32 Å². The quantitative estimate of drug-likeness (QED) is 0.420. The summed E-state index contributed by atoms with van der Waals surface area (Å²) in [5.41, 5.74) is 0. The molecule has 3 nitrogen and oxygen atoms in total. The van der Waals surface area contributed by atoms with Crippen LogP contribution in [-0.4, -0.2) is 14.5 Å². The third-order valence-electron chi connectivity index (χ3n) is 2.50. The summed E-state index contributed by atoms with van der Waals surface area (Å²) in [4.78, 5) is 0. The van der Waals surface area contributed by atoms with Crippen LogP contribution < -0.4 is 0 Å². The molecule has 0 spiro atoms. The lowest BCUT2D eigenvalue weighted by molar-refractivity contribution is 0.324. The van der Waals surface area contributed by atoms with E-state index in [1.54, 1.807) is 0 Å². The molecule has 1 rings (SSSR count). The third kappa shape index (κ3) is 4.98. The second-order valence-corrected chi connectivity index (χ2v) is 9.62. The Morgan fingerprint density at radius 3 is 2.73 bits per heavy atom. The van der Waals surface area contributed by atoms with E-state index in [0.29, 0.717) is 5.92 Å². The molecule has 0 heterocycles. The maximum atomic E-state index is 8.84. The largest absolute Gasteiger partial charge is 0.456 e. The van der Waals surface area contributed by atoms with Gasteiger partial charge < -0.3 is 4.53 Å². The molecule has 2 unspecified atom stereocenters. The van der Waals surface area contributed by atoms with Crippen LogP contribution >= 0.6 is 0 Å².